The van der Waals surface area contributed by atoms with E-state index in [0.717, 1.165) is 36.8 Å². The molecule has 0 spiro atoms. The SMILES string of the molecule is Cc1ccccc1CC(=O)Nc1ccc(S(=O)(=O)N2CCCCCC2)cc1. The number of rotatable bonds is 5. The normalized spacial score (nSPS) is 15.9. The zero-order valence-electron chi connectivity index (χ0n) is 15.6. The summed E-state index contributed by atoms with van der Waals surface area (Å²) in [7, 11) is -3.46. The van der Waals surface area contributed by atoms with Crippen molar-refractivity contribution in [1.29, 1.82) is 0 Å². The summed E-state index contributed by atoms with van der Waals surface area (Å²) in [6.07, 6.45) is 4.27. The molecule has 0 saturated carbocycles. The van der Waals surface area contributed by atoms with E-state index in [-0.39, 0.29) is 10.8 Å². The van der Waals surface area contributed by atoms with Gasteiger partial charge in [0.2, 0.25) is 15.9 Å². The van der Waals surface area contributed by atoms with Gasteiger partial charge in [-0.05, 0) is 55.2 Å². The average molecular weight is 387 g/mol. The number of nitrogens with zero attached hydrogens (tertiary/aromatic N) is 1. The van der Waals surface area contributed by atoms with Crippen molar-refractivity contribution in [3.63, 3.8) is 0 Å². The van der Waals surface area contributed by atoms with E-state index < -0.39 is 10.0 Å². The molecule has 3 rings (SSSR count). The van der Waals surface area contributed by atoms with Crippen LogP contribution in [0.2, 0.25) is 0 Å². The number of anilines is 1. The molecule has 27 heavy (non-hydrogen) atoms. The molecule has 1 heterocycles. The molecule has 5 nitrogen and oxygen atoms in total. The highest BCUT2D eigenvalue weighted by molar-refractivity contribution is 7.89. The number of benzene rings is 2. The van der Waals surface area contributed by atoms with Crippen LogP contribution in [0, 0.1) is 6.92 Å². The largest absolute Gasteiger partial charge is 0.326 e. The van der Waals surface area contributed by atoms with E-state index in [1.807, 2.05) is 31.2 Å². The van der Waals surface area contributed by atoms with E-state index in [1.54, 1.807) is 28.6 Å². The van der Waals surface area contributed by atoms with Gasteiger partial charge in [0.15, 0.2) is 0 Å². The highest BCUT2D eigenvalue weighted by atomic mass is 32.2. The van der Waals surface area contributed by atoms with Crippen LogP contribution in [0.1, 0.15) is 36.8 Å². The van der Waals surface area contributed by atoms with Gasteiger partial charge >= 0.3 is 0 Å². The number of amides is 1. The fraction of sp³-hybridized carbons (Fsp3) is 0.381. The molecule has 0 radical (unpaired) electrons. The van der Waals surface area contributed by atoms with E-state index in [2.05, 4.69) is 5.32 Å². The highest BCUT2D eigenvalue weighted by Crippen LogP contribution is 2.22. The summed E-state index contributed by atoms with van der Waals surface area (Å²) in [5.74, 6) is -0.118. The average Bonchev–Trinajstić information content (AvgIpc) is 2.94. The Labute approximate surface area is 161 Å². The molecule has 0 unspecified atom stereocenters. The van der Waals surface area contributed by atoms with E-state index >= 15 is 0 Å². The zero-order valence-corrected chi connectivity index (χ0v) is 16.5. The van der Waals surface area contributed by atoms with Crippen LogP contribution in [0.4, 0.5) is 5.69 Å². The van der Waals surface area contributed by atoms with Crippen LogP contribution < -0.4 is 5.32 Å². The molecule has 1 fully saturated rings. The number of sulfonamides is 1. The second-order valence-corrected chi connectivity index (χ2v) is 8.93. The Bertz CT molecular complexity index is 884. The summed E-state index contributed by atoms with van der Waals surface area (Å²) in [5.41, 5.74) is 2.66. The molecule has 1 N–H and O–H groups in total. The first-order valence-electron chi connectivity index (χ1n) is 9.41. The summed E-state index contributed by atoms with van der Waals surface area (Å²) >= 11 is 0. The minimum absolute atomic E-state index is 0.118. The van der Waals surface area contributed by atoms with Crippen LogP contribution in [-0.4, -0.2) is 31.7 Å². The van der Waals surface area contributed by atoms with Crippen LogP contribution in [0.3, 0.4) is 0 Å². The highest BCUT2D eigenvalue weighted by Gasteiger charge is 2.24. The Morgan fingerprint density at radius 2 is 1.59 bits per heavy atom. The topological polar surface area (TPSA) is 66.5 Å². The van der Waals surface area contributed by atoms with Gasteiger partial charge in [0.1, 0.15) is 0 Å². The predicted molar refractivity (Wildman–Crippen MR) is 107 cm³/mol. The van der Waals surface area contributed by atoms with Crippen molar-refractivity contribution >= 4 is 21.6 Å². The molecule has 0 atom stereocenters. The number of aryl methyl sites for hydroxylation is 1. The number of carbonyl (C=O) groups excluding carboxylic acids is 1. The Hall–Kier alpha value is -2.18. The number of hydrogen-bond donors (Lipinski definition) is 1. The van der Waals surface area contributed by atoms with Gasteiger partial charge in [-0.3, -0.25) is 4.79 Å². The smallest absolute Gasteiger partial charge is 0.243 e. The molecule has 2 aromatic rings. The molecule has 1 amide bonds. The molecular formula is C21H26N2O3S. The maximum Gasteiger partial charge on any atom is 0.243 e. The summed E-state index contributed by atoms with van der Waals surface area (Å²) < 4.78 is 27.2. The van der Waals surface area contributed by atoms with Gasteiger partial charge in [0, 0.05) is 18.8 Å². The second kappa shape index (κ2) is 8.67. The van der Waals surface area contributed by atoms with Crippen molar-refractivity contribution < 1.29 is 13.2 Å². The predicted octanol–water partition coefficient (Wildman–Crippen LogP) is 3.74. The van der Waals surface area contributed by atoms with Gasteiger partial charge < -0.3 is 5.32 Å². The lowest BCUT2D eigenvalue weighted by Crippen LogP contribution is -2.31. The third kappa shape index (κ3) is 4.96. The lowest BCUT2D eigenvalue weighted by molar-refractivity contribution is -0.115. The van der Waals surface area contributed by atoms with E-state index in [4.69, 9.17) is 0 Å². The molecule has 144 valence electrons. The lowest BCUT2D eigenvalue weighted by Gasteiger charge is -2.20. The third-order valence-corrected chi connectivity index (χ3v) is 6.87. The Morgan fingerprint density at radius 1 is 0.963 bits per heavy atom. The molecule has 6 heteroatoms. The van der Waals surface area contributed by atoms with Gasteiger partial charge in [-0.2, -0.15) is 4.31 Å². The maximum atomic E-state index is 12.8. The molecule has 2 aromatic carbocycles. The fourth-order valence-corrected chi connectivity index (χ4v) is 4.85. The molecule has 1 aliphatic rings. The molecule has 0 bridgehead atoms. The Kier molecular flexibility index (Phi) is 6.29. The minimum atomic E-state index is -3.46. The number of carbonyl (C=O) groups is 1. The van der Waals surface area contributed by atoms with Gasteiger partial charge in [0.25, 0.3) is 0 Å². The maximum absolute atomic E-state index is 12.8. The molecule has 1 aliphatic heterocycles. The first-order chi connectivity index (χ1) is 13.0. The molecule has 1 saturated heterocycles. The zero-order chi connectivity index (χ0) is 19.3. The summed E-state index contributed by atoms with van der Waals surface area (Å²) in [6, 6.07) is 14.2. The second-order valence-electron chi connectivity index (χ2n) is 6.99. The summed E-state index contributed by atoms with van der Waals surface area (Å²) in [6.45, 7) is 3.14. The van der Waals surface area contributed by atoms with Crippen LogP contribution in [0.15, 0.2) is 53.4 Å². The van der Waals surface area contributed by atoms with E-state index in [1.165, 1.54) is 0 Å². The molecular weight excluding hydrogens is 360 g/mol. The van der Waals surface area contributed by atoms with Crippen LogP contribution >= 0.6 is 0 Å². The lowest BCUT2D eigenvalue weighted by atomic mass is 10.1. The van der Waals surface area contributed by atoms with Gasteiger partial charge in [-0.15, -0.1) is 0 Å². The third-order valence-electron chi connectivity index (χ3n) is 4.95. The Balaban J connectivity index is 1.66. The van der Waals surface area contributed by atoms with Crippen molar-refractivity contribution in [1.82, 2.24) is 4.31 Å². The monoisotopic (exact) mass is 386 g/mol. The van der Waals surface area contributed by atoms with Crippen molar-refractivity contribution in [2.45, 2.75) is 43.9 Å². The van der Waals surface area contributed by atoms with Crippen molar-refractivity contribution in [2.75, 3.05) is 18.4 Å². The van der Waals surface area contributed by atoms with Crippen molar-refractivity contribution in [2.24, 2.45) is 0 Å². The first-order valence-corrected chi connectivity index (χ1v) is 10.9. The van der Waals surface area contributed by atoms with Crippen LogP contribution in [0.25, 0.3) is 0 Å². The minimum Gasteiger partial charge on any atom is -0.326 e. The molecule has 0 aromatic heterocycles. The summed E-state index contributed by atoms with van der Waals surface area (Å²) in [4.78, 5) is 12.5. The van der Waals surface area contributed by atoms with Gasteiger partial charge in [0.05, 0.1) is 11.3 Å². The van der Waals surface area contributed by atoms with E-state index in [9.17, 15) is 13.2 Å². The quantitative estimate of drug-likeness (QED) is 0.851. The van der Waals surface area contributed by atoms with E-state index in [0.29, 0.717) is 25.2 Å². The molecule has 0 aliphatic carbocycles. The van der Waals surface area contributed by atoms with Crippen LogP contribution in [0.5, 0.6) is 0 Å². The van der Waals surface area contributed by atoms with Gasteiger partial charge in [-0.25, -0.2) is 8.42 Å². The number of hydrogen-bond acceptors (Lipinski definition) is 3. The first kappa shape index (κ1) is 19.6. The van der Waals surface area contributed by atoms with Gasteiger partial charge in [-0.1, -0.05) is 37.1 Å². The fourth-order valence-electron chi connectivity index (χ4n) is 3.33. The Morgan fingerprint density at radius 3 is 2.22 bits per heavy atom. The van der Waals surface area contributed by atoms with Crippen molar-refractivity contribution in [3.05, 3.63) is 59.7 Å². The summed E-state index contributed by atoms with van der Waals surface area (Å²) in [5, 5.41) is 2.84. The van der Waals surface area contributed by atoms with Crippen molar-refractivity contribution in [3.8, 4) is 0 Å². The van der Waals surface area contributed by atoms with Crippen LogP contribution in [-0.2, 0) is 21.2 Å². The number of nitrogens with one attached hydrogen (secondary N) is 1. The standard InChI is InChI=1S/C21H26N2O3S/c1-17-8-4-5-9-18(17)16-21(24)22-19-10-12-20(13-11-19)27(25,26)23-14-6-2-3-7-15-23/h4-5,8-13H,2-3,6-7,14-16H2,1H3,(H,22,24).